The third-order valence-corrected chi connectivity index (χ3v) is 4.52. The van der Waals surface area contributed by atoms with Crippen molar-refractivity contribution >= 4 is 11.4 Å². The van der Waals surface area contributed by atoms with Crippen LogP contribution in [0.4, 0.5) is 0 Å². The molecule has 0 spiro atoms. The highest BCUT2D eigenvalue weighted by Crippen LogP contribution is 2.25. The van der Waals surface area contributed by atoms with Gasteiger partial charge in [0, 0.05) is 23.5 Å². The summed E-state index contributed by atoms with van der Waals surface area (Å²) in [6, 6.07) is 1.12. The van der Waals surface area contributed by atoms with Gasteiger partial charge in [0.1, 0.15) is 0 Å². The van der Waals surface area contributed by atoms with E-state index in [0.29, 0.717) is 12.1 Å². The lowest BCUT2D eigenvalue weighted by atomic mass is 9.91. The fourth-order valence-corrected chi connectivity index (χ4v) is 3.28. The monoisotopic (exact) mass is 292 g/mol. The van der Waals surface area contributed by atoms with Crippen LogP contribution in [0.3, 0.4) is 0 Å². The molecule has 21 heavy (non-hydrogen) atoms. The van der Waals surface area contributed by atoms with Crippen LogP contribution in [0, 0.1) is 11.8 Å². The highest BCUT2D eigenvalue weighted by molar-refractivity contribution is 5.82. The Morgan fingerprint density at radius 1 is 0.857 bits per heavy atom. The maximum absolute atomic E-state index is 4.95. The SMILES string of the molecule is CCC(C)C/C(C)=N\C1CCC(/N=C(/C)CC(C)C)CC1. The summed E-state index contributed by atoms with van der Waals surface area (Å²) in [6.45, 7) is 13.5. The summed E-state index contributed by atoms with van der Waals surface area (Å²) < 4.78 is 0. The molecule has 1 rings (SSSR count). The quantitative estimate of drug-likeness (QED) is 0.538. The maximum Gasteiger partial charge on any atom is 0.0500 e. The molecule has 0 heterocycles. The topological polar surface area (TPSA) is 24.7 Å². The summed E-state index contributed by atoms with van der Waals surface area (Å²) in [4.78, 5) is 9.87. The third kappa shape index (κ3) is 7.78. The molecular formula is C19H36N2. The molecule has 0 amide bonds. The summed E-state index contributed by atoms with van der Waals surface area (Å²) in [7, 11) is 0. The highest BCUT2D eigenvalue weighted by Gasteiger charge is 2.20. The lowest BCUT2D eigenvalue weighted by molar-refractivity contribution is 0.396. The van der Waals surface area contributed by atoms with Gasteiger partial charge in [0.2, 0.25) is 0 Å². The fourth-order valence-electron chi connectivity index (χ4n) is 3.28. The zero-order valence-corrected chi connectivity index (χ0v) is 15.2. The molecule has 1 saturated carbocycles. The van der Waals surface area contributed by atoms with E-state index in [2.05, 4.69) is 41.5 Å². The van der Waals surface area contributed by atoms with Gasteiger partial charge in [-0.2, -0.15) is 0 Å². The Bertz CT molecular complexity index is 347. The number of hydrogen-bond donors (Lipinski definition) is 0. The van der Waals surface area contributed by atoms with Crippen LogP contribution >= 0.6 is 0 Å². The van der Waals surface area contributed by atoms with E-state index < -0.39 is 0 Å². The zero-order valence-electron chi connectivity index (χ0n) is 15.2. The van der Waals surface area contributed by atoms with Gasteiger partial charge in [0.05, 0.1) is 0 Å². The van der Waals surface area contributed by atoms with E-state index in [1.54, 1.807) is 0 Å². The van der Waals surface area contributed by atoms with Crippen LogP contribution < -0.4 is 0 Å². The molecule has 1 unspecified atom stereocenters. The Morgan fingerprint density at radius 3 is 1.67 bits per heavy atom. The Hall–Kier alpha value is -0.660. The van der Waals surface area contributed by atoms with E-state index in [-0.39, 0.29) is 0 Å². The predicted octanol–water partition coefficient (Wildman–Crippen LogP) is 5.70. The Kier molecular flexibility index (Phi) is 8.21. The molecule has 0 aromatic rings. The number of aliphatic imine (C=N–C) groups is 2. The summed E-state index contributed by atoms with van der Waals surface area (Å²) in [5.74, 6) is 1.49. The van der Waals surface area contributed by atoms with Crippen LogP contribution in [0.2, 0.25) is 0 Å². The first-order valence-corrected chi connectivity index (χ1v) is 8.97. The molecular weight excluding hydrogens is 256 g/mol. The van der Waals surface area contributed by atoms with Crippen LogP contribution in [-0.2, 0) is 0 Å². The number of hydrogen-bond acceptors (Lipinski definition) is 2. The summed E-state index contributed by atoms with van der Waals surface area (Å²) >= 11 is 0. The second-order valence-corrected chi connectivity index (χ2v) is 7.51. The van der Waals surface area contributed by atoms with Crippen molar-refractivity contribution in [2.24, 2.45) is 21.8 Å². The molecule has 0 aliphatic heterocycles. The van der Waals surface area contributed by atoms with Gasteiger partial charge >= 0.3 is 0 Å². The average molecular weight is 293 g/mol. The van der Waals surface area contributed by atoms with Crippen molar-refractivity contribution in [2.75, 3.05) is 0 Å². The second kappa shape index (κ2) is 9.38. The standard InChI is InChI=1S/C19H36N2/c1-7-15(4)13-17(6)21-19-10-8-18(9-11-19)20-16(5)12-14(2)3/h14-15,18-19H,7-13H2,1-6H3/b20-16-,21-17-. The molecule has 1 atom stereocenters. The van der Waals surface area contributed by atoms with Crippen molar-refractivity contribution in [3.63, 3.8) is 0 Å². The normalized spacial score (nSPS) is 26.2. The molecule has 0 N–H and O–H groups in total. The van der Waals surface area contributed by atoms with Gasteiger partial charge in [-0.25, -0.2) is 0 Å². The number of rotatable bonds is 7. The van der Waals surface area contributed by atoms with Crippen molar-refractivity contribution in [1.82, 2.24) is 0 Å². The van der Waals surface area contributed by atoms with Gasteiger partial charge in [0.25, 0.3) is 0 Å². The van der Waals surface area contributed by atoms with Crippen LogP contribution in [0.5, 0.6) is 0 Å². The van der Waals surface area contributed by atoms with Gasteiger partial charge in [-0.1, -0.05) is 34.1 Å². The highest BCUT2D eigenvalue weighted by atomic mass is 14.8. The van der Waals surface area contributed by atoms with Crippen LogP contribution in [0.1, 0.15) is 86.5 Å². The van der Waals surface area contributed by atoms with Crippen molar-refractivity contribution in [2.45, 2.75) is 98.6 Å². The Morgan fingerprint density at radius 2 is 1.29 bits per heavy atom. The van der Waals surface area contributed by atoms with E-state index in [0.717, 1.165) is 18.3 Å². The minimum absolute atomic E-state index is 0.560. The Labute approximate surface area is 132 Å². The van der Waals surface area contributed by atoms with Crippen molar-refractivity contribution in [3.8, 4) is 0 Å². The van der Waals surface area contributed by atoms with E-state index in [1.165, 1.54) is 49.9 Å². The molecule has 1 aliphatic rings. The summed E-state index contributed by atoms with van der Waals surface area (Å²) in [6.07, 6.45) is 8.46. The maximum atomic E-state index is 4.95. The lowest BCUT2D eigenvalue weighted by Gasteiger charge is -2.25. The van der Waals surface area contributed by atoms with Crippen LogP contribution in [0.15, 0.2) is 9.98 Å². The van der Waals surface area contributed by atoms with Gasteiger partial charge < -0.3 is 0 Å². The first-order valence-electron chi connectivity index (χ1n) is 8.97. The van der Waals surface area contributed by atoms with Crippen molar-refractivity contribution in [1.29, 1.82) is 0 Å². The average Bonchev–Trinajstić information content (AvgIpc) is 2.39. The molecule has 1 fully saturated rings. The molecule has 2 heteroatoms. The van der Waals surface area contributed by atoms with Gasteiger partial charge in [-0.05, 0) is 64.2 Å². The second-order valence-electron chi connectivity index (χ2n) is 7.51. The van der Waals surface area contributed by atoms with Gasteiger partial charge in [-0.15, -0.1) is 0 Å². The fraction of sp³-hybridized carbons (Fsp3) is 0.895. The minimum Gasteiger partial charge on any atom is -0.291 e. The number of nitrogens with zero attached hydrogens (tertiary/aromatic N) is 2. The largest absolute Gasteiger partial charge is 0.291 e. The first kappa shape index (κ1) is 18.4. The molecule has 0 bridgehead atoms. The molecule has 0 saturated heterocycles. The van der Waals surface area contributed by atoms with Crippen molar-refractivity contribution < 1.29 is 0 Å². The molecule has 0 aromatic heterocycles. The van der Waals surface area contributed by atoms with E-state index in [9.17, 15) is 0 Å². The van der Waals surface area contributed by atoms with E-state index in [1.807, 2.05) is 0 Å². The van der Waals surface area contributed by atoms with Gasteiger partial charge in [0.15, 0.2) is 0 Å². The third-order valence-electron chi connectivity index (χ3n) is 4.52. The minimum atomic E-state index is 0.560. The van der Waals surface area contributed by atoms with Crippen LogP contribution in [0.25, 0.3) is 0 Å². The smallest absolute Gasteiger partial charge is 0.0500 e. The summed E-state index contributed by atoms with van der Waals surface area (Å²) in [5.41, 5.74) is 2.69. The zero-order chi connectivity index (χ0) is 15.8. The van der Waals surface area contributed by atoms with Crippen LogP contribution in [-0.4, -0.2) is 23.5 Å². The van der Waals surface area contributed by atoms with E-state index in [4.69, 9.17) is 9.98 Å². The summed E-state index contributed by atoms with van der Waals surface area (Å²) in [5, 5.41) is 0. The van der Waals surface area contributed by atoms with E-state index >= 15 is 0 Å². The lowest BCUT2D eigenvalue weighted by Crippen LogP contribution is -2.22. The van der Waals surface area contributed by atoms with Gasteiger partial charge in [-0.3, -0.25) is 9.98 Å². The predicted molar refractivity (Wildman–Crippen MR) is 95.8 cm³/mol. The Balaban J connectivity index is 2.40. The first-order chi connectivity index (χ1) is 9.90. The molecule has 2 nitrogen and oxygen atoms in total. The molecule has 122 valence electrons. The molecule has 0 aromatic carbocycles. The van der Waals surface area contributed by atoms with Crippen molar-refractivity contribution in [3.05, 3.63) is 0 Å². The molecule has 0 radical (unpaired) electrons. The molecule has 1 aliphatic carbocycles.